The topological polar surface area (TPSA) is 6.48 Å². The van der Waals surface area contributed by atoms with Gasteiger partial charge in [0.15, 0.2) is 0 Å². The number of hydrogen-bond donors (Lipinski definition) is 0. The Morgan fingerprint density at radius 3 is 2.33 bits per heavy atom. The Morgan fingerprint density at radius 2 is 1.54 bits per heavy atom. The zero-order chi connectivity index (χ0) is 15.5. The summed E-state index contributed by atoms with van der Waals surface area (Å²) in [6.45, 7) is 5.96. The summed E-state index contributed by atoms with van der Waals surface area (Å²) in [5.74, 6) is 0.790. The van der Waals surface area contributed by atoms with Crippen LogP contribution in [0.25, 0.3) is 0 Å². The van der Waals surface area contributed by atoms with Gasteiger partial charge in [0.2, 0.25) is 0 Å². The summed E-state index contributed by atoms with van der Waals surface area (Å²) in [6, 6.07) is 19.9. The molecule has 2 nitrogen and oxygen atoms in total. The molecule has 2 aromatic carbocycles. The van der Waals surface area contributed by atoms with Crippen LogP contribution in [-0.4, -0.2) is 37.6 Å². The number of hydrogen-bond acceptors (Lipinski definition) is 2. The molecule has 0 bridgehead atoms. The lowest BCUT2D eigenvalue weighted by atomic mass is 9.97. The fraction of sp³-hybridized carbons (Fsp3) is 0.429. The Kier molecular flexibility index (Phi) is 5.80. The van der Waals surface area contributed by atoms with E-state index >= 15 is 0 Å². The maximum absolute atomic E-state index is 2.65. The summed E-state index contributed by atoms with van der Waals surface area (Å²) in [7, 11) is 0. The van der Waals surface area contributed by atoms with Crippen LogP contribution >= 0.6 is 12.4 Å². The van der Waals surface area contributed by atoms with Crippen molar-refractivity contribution < 1.29 is 0 Å². The second-order valence-corrected chi connectivity index (χ2v) is 6.89. The number of para-hydroxylation sites is 1. The van der Waals surface area contributed by atoms with Crippen molar-refractivity contribution in [2.45, 2.75) is 25.2 Å². The van der Waals surface area contributed by atoms with E-state index < -0.39 is 0 Å². The number of anilines is 1. The molecule has 0 N–H and O–H groups in total. The van der Waals surface area contributed by atoms with Crippen LogP contribution in [0.15, 0.2) is 54.6 Å². The highest BCUT2D eigenvalue weighted by molar-refractivity contribution is 5.85. The second-order valence-electron chi connectivity index (χ2n) is 6.89. The van der Waals surface area contributed by atoms with Gasteiger partial charge < -0.3 is 4.90 Å². The number of fused-ring (bicyclic) bond motifs is 1. The quantitative estimate of drug-likeness (QED) is 0.815. The van der Waals surface area contributed by atoms with Crippen LogP contribution in [0.3, 0.4) is 0 Å². The minimum atomic E-state index is 0. The highest BCUT2D eigenvalue weighted by Gasteiger charge is 2.23. The van der Waals surface area contributed by atoms with Gasteiger partial charge in [0.05, 0.1) is 0 Å². The third-order valence-electron chi connectivity index (χ3n) is 5.54. The van der Waals surface area contributed by atoms with E-state index in [1.807, 2.05) is 0 Å². The van der Waals surface area contributed by atoms with Crippen molar-refractivity contribution in [3.8, 4) is 0 Å². The van der Waals surface area contributed by atoms with Crippen LogP contribution in [0.1, 0.15) is 29.9 Å². The molecule has 1 aliphatic heterocycles. The molecule has 0 amide bonds. The zero-order valence-electron chi connectivity index (χ0n) is 14.2. The summed E-state index contributed by atoms with van der Waals surface area (Å²) in [5.41, 5.74) is 4.58. The van der Waals surface area contributed by atoms with Crippen molar-refractivity contribution in [1.82, 2.24) is 4.90 Å². The number of rotatable bonds is 4. The highest BCUT2D eigenvalue weighted by Crippen LogP contribution is 2.35. The minimum Gasteiger partial charge on any atom is -0.369 e. The lowest BCUT2D eigenvalue weighted by Crippen LogP contribution is -2.46. The molecule has 128 valence electrons. The van der Waals surface area contributed by atoms with Crippen LogP contribution in [0, 0.1) is 0 Å². The van der Waals surface area contributed by atoms with Gasteiger partial charge >= 0.3 is 0 Å². The zero-order valence-corrected chi connectivity index (χ0v) is 15.0. The molecule has 24 heavy (non-hydrogen) atoms. The molecule has 0 radical (unpaired) electrons. The number of halogens is 1. The Hall–Kier alpha value is -1.51. The van der Waals surface area contributed by atoms with Gasteiger partial charge in [-0.1, -0.05) is 42.5 Å². The van der Waals surface area contributed by atoms with Gasteiger partial charge in [-0.15, -0.1) is 12.4 Å². The predicted molar refractivity (Wildman–Crippen MR) is 104 cm³/mol. The third-order valence-corrected chi connectivity index (χ3v) is 5.54. The van der Waals surface area contributed by atoms with Gasteiger partial charge in [0.1, 0.15) is 0 Å². The highest BCUT2D eigenvalue weighted by atomic mass is 35.5. The molecular formula is C21H27ClN2. The standard InChI is InChI=1S/C21H26N2.ClH/c1-2-7-20(8-3-1)23-16-14-22(15-17-23)13-12-19-11-10-18-6-4-5-9-21(18)19;/h1-9,19H,10-17H2;1H. The normalized spacial score (nSPS) is 20.5. The second kappa shape index (κ2) is 8.04. The molecule has 1 aliphatic carbocycles. The van der Waals surface area contributed by atoms with Crippen molar-refractivity contribution >= 4 is 18.1 Å². The molecule has 2 aliphatic rings. The Balaban J connectivity index is 0.00000169. The van der Waals surface area contributed by atoms with E-state index in [1.165, 1.54) is 44.6 Å². The molecule has 1 unspecified atom stereocenters. The first kappa shape index (κ1) is 17.3. The molecule has 0 spiro atoms. The Morgan fingerprint density at radius 1 is 0.833 bits per heavy atom. The van der Waals surface area contributed by atoms with Gasteiger partial charge in [-0.3, -0.25) is 4.90 Å². The molecule has 0 saturated carbocycles. The van der Waals surface area contributed by atoms with Crippen LogP contribution in [0.4, 0.5) is 5.69 Å². The summed E-state index contributed by atoms with van der Waals surface area (Å²) < 4.78 is 0. The molecule has 1 fully saturated rings. The first-order chi connectivity index (χ1) is 11.4. The molecule has 2 aromatic rings. The molecular weight excluding hydrogens is 316 g/mol. The van der Waals surface area contributed by atoms with E-state index in [0.29, 0.717) is 0 Å². The number of aryl methyl sites for hydroxylation is 1. The smallest absolute Gasteiger partial charge is 0.0367 e. The molecule has 0 aromatic heterocycles. The van der Waals surface area contributed by atoms with Gasteiger partial charge in [-0.05, 0) is 55.0 Å². The number of benzene rings is 2. The van der Waals surface area contributed by atoms with Crippen LogP contribution in [0.2, 0.25) is 0 Å². The fourth-order valence-electron chi connectivity index (χ4n) is 4.15. The van der Waals surface area contributed by atoms with Gasteiger partial charge in [0, 0.05) is 31.9 Å². The number of nitrogens with zero attached hydrogens (tertiary/aromatic N) is 2. The van der Waals surface area contributed by atoms with E-state index in [-0.39, 0.29) is 12.4 Å². The third kappa shape index (κ3) is 3.76. The maximum Gasteiger partial charge on any atom is 0.0367 e. The average molecular weight is 343 g/mol. The largest absolute Gasteiger partial charge is 0.369 e. The van der Waals surface area contributed by atoms with Gasteiger partial charge in [0.25, 0.3) is 0 Å². The van der Waals surface area contributed by atoms with E-state index in [1.54, 1.807) is 11.1 Å². The van der Waals surface area contributed by atoms with Gasteiger partial charge in [-0.25, -0.2) is 0 Å². The monoisotopic (exact) mass is 342 g/mol. The molecule has 1 saturated heterocycles. The van der Waals surface area contributed by atoms with E-state index in [4.69, 9.17) is 0 Å². The molecule has 3 heteroatoms. The van der Waals surface area contributed by atoms with Gasteiger partial charge in [-0.2, -0.15) is 0 Å². The van der Waals surface area contributed by atoms with Crippen molar-refractivity contribution in [3.05, 3.63) is 65.7 Å². The first-order valence-corrected chi connectivity index (χ1v) is 9.00. The lowest BCUT2D eigenvalue weighted by Gasteiger charge is -2.36. The summed E-state index contributed by atoms with van der Waals surface area (Å²) >= 11 is 0. The van der Waals surface area contributed by atoms with E-state index in [2.05, 4.69) is 64.4 Å². The maximum atomic E-state index is 2.65. The number of piperazine rings is 1. The van der Waals surface area contributed by atoms with Crippen molar-refractivity contribution in [2.24, 2.45) is 0 Å². The molecule has 4 rings (SSSR count). The van der Waals surface area contributed by atoms with E-state index in [0.717, 1.165) is 19.0 Å². The van der Waals surface area contributed by atoms with Crippen molar-refractivity contribution in [3.63, 3.8) is 0 Å². The minimum absolute atomic E-state index is 0. The average Bonchev–Trinajstić information content (AvgIpc) is 3.04. The summed E-state index contributed by atoms with van der Waals surface area (Å²) in [4.78, 5) is 5.17. The predicted octanol–water partition coefficient (Wildman–Crippen LogP) is 4.35. The summed E-state index contributed by atoms with van der Waals surface area (Å²) in [5, 5.41) is 0. The molecule has 1 heterocycles. The van der Waals surface area contributed by atoms with Crippen molar-refractivity contribution in [2.75, 3.05) is 37.6 Å². The van der Waals surface area contributed by atoms with Crippen molar-refractivity contribution in [1.29, 1.82) is 0 Å². The van der Waals surface area contributed by atoms with Crippen LogP contribution in [-0.2, 0) is 6.42 Å². The summed E-state index contributed by atoms with van der Waals surface area (Å²) in [6.07, 6.45) is 3.95. The Bertz CT molecular complexity index is 635. The fourth-order valence-corrected chi connectivity index (χ4v) is 4.15. The van der Waals surface area contributed by atoms with Crippen LogP contribution in [0.5, 0.6) is 0 Å². The SMILES string of the molecule is Cl.c1ccc(N2CCN(CCC3CCc4ccccc43)CC2)cc1. The van der Waals surface area contributed by atoms with E-state index in [9.17, 15) is 0 Å². The first-order valence-electron chi connectivity index (χ1n) is 9.00. The molecule has 1 atom stereocenters. The lowest BCUT2D eigenvalue weighted by molar-refractivity contribution is 0.248. The Labute approximate surface area is 151 Å². The van der Waals surface area contributed by atoms with Crippen LogP contribution < -0.4 is 4.90 Å².